The number of aliphatic carboxylic acids is 1. The summed E-state index contributed by atoms with van der Waals surface area (Å²) >= 11 is 3.81. The van der Waals surface area contributed by atoms with Gasteiger partial charge >= 0.3 is 5.97 Å². The molecule has 0 aromatic carbocycles. The number of amides is 2. The number of pyridine rings is 1. The number of nitrogen functional groups attached to an aromatic ring is 1. The Bertz CT molecular complexity index is 1500. The summed E-state index contributed by atoms with van der Waals surface area (Å²) in [6, 6.07) is 2.73. The summed E-state index contributed by atoms with van der Waals surface area (Å²) in [6.45, 7) is 0. The first-order valence-corrected chi connectivity index (χ1v) is 14.2. The molecular formula is C22H21N9O5S3. The van der Waals surface area contributed by atoms with Crippen molar-refractivity contribution < 1.29 is 24.3 Å². The monoisotopic (exact) mass is 587 g/mol. The summed E-state index contributed by atoms with van der Waals surface area (Å²) in [5.74, 6) is -1.17. The fourth-order valence-corrected chi connectivity index (χ4v) is 6.98. The van der Waals surface area contributed by atoms with Gasteiger partial charge in [-0.25, -0.2) is 9.78 Å². The van der Waals surface area contributed by atoms with E-state index in [-0.39, 0.29) is 28.0 Å². The van der Waals surface area contributed by atoms with Crippen LogP contribution in [-0.4, -0.2) is 88.3 Å². The summed E-state index contributed by atoms with van der Waals surface area (Å²) in [5.41, 5.74) is 7.00. The second kappa shape index (κ2) is 11.0. The van der Waals surface area contributed by atoms with E-state index >= 15 is 0 Å². The lowest BCUT2D eigenvalue weighted by Gasteiger charge is -2.49. The highest BCUT2D eigenvalue weighted by Crippen LogP contribution is 2.41. The molecule has 202 valence electrons. The molecule has 4 N–H and O–H groups in total. The minimum atomic E-state index is -1.22. The predicted molar refractivity (Wildman–Crippen MR) is 145 cm³/mol. The molecule has 3 aromatic rings. The topological polar surface area (TPSA) is 191 Å². The molecule has 0 bridgehead atoms. The van der Waals surface area contributed by atoms with Crippen LogP contribution in [0.2, 0.25) is 0 Å². The van der Waals surface area contributed by atoms with Gasteiger partial charge in [-0.15, -0.1) is 33.3 Å². The Hall–Kier alpha value is -3.96. The van der Waals surface area contributed by atoms with Gasteiger partial charge in [0.2, 0.25) is 0 Å². The van der Waals surface area contributed by atoms with Crippen molar-refractivity contribution in [3.8, 4) is 11.4 Å². The number of aromatic nitrogens is 5. The number of hydrogen-bond acceptors (Lipinski definition) is 13. The zero-order chi connectivity index (χ0) is 27.7. The van der Waals surface area contributed by atoms with Crippen LogP contribution in [0.15, 0.2) is 51.5 Å². The number of oxime groups is 1. The molecule has 2 atom stereocenters. The Labute approximate surface area is 233 Å². The van der Waals surface area contributed by atoms with Gasteiger partial charge in [-0.3, -0.25) is 19.5 Å². The summed E-state index contributed by atoms with van der Waals surface area (Å²) in [4.78, 5) is 52.3. The average molecular weight is 588 g/mol. The maximum absolute atomic E-state index is 13.1. The predicted octanol–water partition coefficient (Wildman–Crippen LogP) is 0.797. The lowest BCUT2D eigenvalue weighted by Crippen LogP contribution is -2.71. The Morgan fingerprint density at radius 1 is 1.38 bits per heavy atom. The molecule has 2 aliphatic rings. The highest BCUT2D eigenvalue weighted by atomic mass is 32.2. The van der Waals surface area contributed by atoms with Crippen LogP contribution < -0.4 is 11.1 Å². The second-order valence-electron chi connectivity index (χ2n) is 8.21. The molecule has 5 rings (SSSR count). The number of fused-ring (bicyclic) bond motifs is 1. The van der Waals surface area contributed by atoms with Crippen molar-refractivity contribution in [1.82, 2.24) is 34.9 Å². The molecular weight excluding hydrogens is 567 g/mol. The number of hydrogen-bond donors (Lipinski definition) is 3. The van der Waals surface area contributed by atoms with Crippen LogP contribution in [0.1, 0.15) is 5.69 Å². The number of carboxylic acid groups (broad SMARTS) is 1. The lowest BCUT2D eigenvalue weighted by molar-refractivity contribution is -0.150. The van der Waals surface area contributed by atoms with E-state index in [1.165, 1.54) is 35.5 Å². The third kappa shape index (κ3) is 5.07. The Kier molecular flexibility index (Phi) is 7.53. The van der Waals surface area contributed by atoms with Crippen molar-refractivity contribution in [3.05, 3.63) is 46.9 Å². The van der Waals surface area contributed by atoms with E-state index in [4.69, 9.17) is 10.6 Å². The van der Waals surface area contributed by atoms with Crippen LogP contribution in [0.4, 0.5) is 5.13 Å². The Morgan fingerprint density at radius 2 is 2.21 bits per heavy atom. The standard InChI is InChI=1S/C22H21N9O5S3/c1-30-16(10-4-3-5-24-6-10)27-28-22(30)39-8-11-7-37-19-14(18(33)31(19)15(11)20(34)35)26-17(32)13(29-36-2)12-9-38-21(23)25-12/h3-6,9,14,19H,7-8H2,1-2H3,(H2,23,25)(H,26,32)(H,34,35)/b29-13-/t14-,19-/m1/s1. The van der Waals surface area contributed by atoms with Crippen LogP contribution >= 0.6 is 34.9 Å². The molecule has 0 radical (unpaired) electrons. The molecule has 17 heteroatoms. The third-order valence-electron chi connectivity index (χ3n) is 5.83. The van der Waals surface area contributed by atoms with Crippen molar-refractivity contribution in [2.24, 2.45) is 12.2 Å². The first-order chi connectivity index (χ1) is 18.8. The van der Waals surface area contributed by atoms with Crippen molar-refractivity contribution >= 4 is 63.5 Å². The zero-order valence-electron chi connectivity index (χ0n) is 20.5. The lowest BCUT2D eigenvalue weighted by atomic mass is 10.0. The summed E-state index contributed by atoms with van der Waals surface area (Å²) in [5, 5.41) is 26.6. The van der Waals surface area contributed by atoms with Gasteiger partial charge in [-0.05, 0) is 17.7 Å². The van der Waals surface area contributed by atoms with Gasteiger partial charge in [-0.2, -0.15) is 0 Å². The largest absolute Gasteiger partial charge is 0.477 e. The van der Waals surface area contributed by atoms with Crippen LogP contribution in [-0.2, 0) is 26.3 Å². The second-order valence-corrected chi connectivity index (χ2v) is 11.1. The van der Waals surface area contributed by atoms with E-state index in [1.54, 1.807) is 28.4 Å². The maximum atomic E-state index is 13.1. The summed E-state index contributed by atoms with van der Waals surface area (Å²) in [7, 11) is 3.09. The van der Waals surface area contributed by atoms with Crippen molar-refractivity contribution in [1.29, 1.82) is 0 Å². The molecule has 39 heavy (non-hydrogen) atoms. The molecule has 14 nitrogen and oxygen atoms in total. The fraction of sp³-hybridized carbons (Fsp3) is 0.273. The SMILES string of the molecule is CO/N=C(\C(=O)N[C@@H]1C(=O)N2C(C(=O)O)=C(CSc3nnc(-c4cccnc4)n3C)CS[C@H]12)c1csc(N)n1. The fourth-order valence-electron chi connectivity index (χ4n) is 4.03. The normalized spacial score (nSPS) is 19.0. The number of carbonyl (C=O) groups excluding carboxylic acids is 2. The number of nitrogens with one attached hydrogen (secondary N) is 1. The van der Waals surface area contributed by atoms with Crippen molar-refractivity contribution in [3.63, 3.8) is 0 Å². The molecule has 3 aromatic heterocycles. The average Bonchev–Trinajstić information content (AvgIpc) is 3.53. The van der Waals surface area contributed by atoms with Crippen LogP contribution in [0.3, 0.4) is 0 Å². The smallest absolute Gasteiger partial charge is 0.352 e. The molecule has 0 unspecified atom stereocenters. The van der Waals surface area contributed by atoms with Gasteiger partial charge in [0.1, 0.15) is 29.9 Å². The number of carboxylic acids is 1. The number of β-lactam (4-membered cyclic amide) rings is 1. The van der Waals surface area contributed by atoms with E-state index in [0.29, 0.717) is 22.3 Å². The van der Waals surface area contributed by atoms with Crippen LogP contribution in [0, 0.1) is 0 Å². The van der Waals surface area contributed by atoms with E-state index in [1.807, 2.05) is 13.1 Å². The summed E-state index contributed by atoms with van der Waals surface area (Å²) < 4.78 is 1.80. The van der Waals surface area contributed by atoms with Gasteiger partial charge in [0.25, 0.3) is 11.8 Å². The maximum Gasteiger partial charge on any atom is 0.352 e. The number of nitrogens with zero attached hydrogens (tertiary/aromatic N) is 7. The Morgan fingerprint density at radius 3 is 2.87 bits per heavy atom. The van der Waals surface area contributed by atoms with Gasteiger partial charge in [0, 0.05) is 41.9 Å². The quantitative estimate of drug-likeness (QED) is 0.138. The van der Waals surface area contributed by atoms with E-state index in [0.717, 1.165) is 16.9 Å². The number of thiazole rings is 1. The Balaban J connectivity index is 1.30. The number of thioether (sulfide) groups is 2. The molecule has 0 aliphatic carbocycles. The van der Waals surface area contributed by atoms with Gasteiger partial charge in [-0.1, -0.05) is 16.9 Å². The first-order valence-electron chi connectivity index (χ1n) is 11.3. The zero-order valence-corrected chi connectivity index (χ0v) is 22.9. The first kappa shape index (κ1) is 26.6. The van der Waals surface area contributed by atoms with E-state index < -0.39 is 29.2 Å². The minimum absolute atomic E-state index is 0.0885. The molecule has 0 saturated carbocycles. The van der Waals surface area contributed by atoms with Crippen LogP contribution in [0.25, 0.3) is 11.4 Å². The van der Waals surface area contributed by atoms with Gasteiger partial charge < -0.3 is 25.6 Å². The number of carbonyl (C=O) groups is 3. The minimum Gasteiger partial charge on any atom is -0.477 e. The van der Waals surface area contributed by atoms with E-state index in [9.17, 15) is 19.5 Å². The highest BCUT2D eigenvalue weighted by molar-refractivity contribution is 8.01. The van der Waals surface area contributed by atoms with Crippen molar-refractivity contribution in [2.45, 2.75) is 16.6 Å². The molecule has 2 aliphatic heterocycles. The number of anilines is 1. The number of nitrogens with two attached hydrogens (primary N) is 1. The molecule has 2 amide bonds. The van der Waals surface area contributed by atoms with E-state index in [2.05, 4.69) is 30.6 Å². The van der Waals surface area contributed by atoms with Crippen molar-refractivity contribution in [2.75, 3.05) is 24.3 Å². The summed E-state index contributed by atoms with van der Waals surface area (Å²) in [6.07, 6.45) is 3.35. The highest BCUT2D eigenvalue weighted by Gasteiger charge is 2.54. The molecule has 1 saturated heterocycles. The molecule has 1 fully saturated rings. The van der Waals surface area contributed by atoms with Gasteiger partial charge in [0.15, 0.2) is 21.8 Å². The van der Waals surface area contributed by atoms with Gasteiger partial charge in [0.05, 0.1) is 0 Å². The van der Waals surface area contributed by atoms with Crippen LogP contribution in [0.5, 0.6) is 0 Å². The molecule has 5 heterocycles. The number of rotatable bonds is 9. The molecule has 0 spiro atoms. The third-order valence-corrected chi connectivity index (χ3v) is 8.95.